The van der Waals surface area contributed by atoms with Crippen LogP contribution in [0.25, 0.3) is 0 Å². The highest BCUT2D eigenvalue weighted by molar-refractivity contribution is 6.01. The van der Waals surface area contributed by atoms with Gasteiger partial charge >= 0.3 is 6.09 Å². The van der Waals surface area contributed by atoms with Crippen molar-refractivity contribution in [3.8, 4) is 5.75 Å². The summed E-state index contributed by atoms with van der Waals surface area (Å²) in [5.74, 6) is 0.0312. The van der Waals surface area contributed by atoms with Crippen molar-refractivity contribution in [3.05, 3.63) is 24.3 Å². The number of nitrogens with zero attached hydrogens (tertiary/aromatic N) is 1. The second kappa shape index (κ2) is 5.60. The molecule has 0 aliphatic carbocycles. The molecule has 0 atom stereocenters. The number of hydrogen-bond donors (Lipinski definition) is 3. The largest absolute Gasteiger partial charge is 0.508 e. The van der Waals surface area contributed by atoms with Gasteiger partial charge in [0, 0.05) is 12.7 Å². The summed E-state index contributed by atoms with van der Waals surface area (Å²) in [5.41, 5.74) is 0.0560. The van der Waals surface area contributed by atoms with Crippen LogP contribution >= 0.6 is 0 Å². The molecule has 0 heterocycles. The lowest BCUT2D eigenvalue weighted by molar-refractivity contribution is 0.0562. The summed E-state index contributed by atoms with van der Waals surface area (Å²) >= 11 is 0. The highest BCUT2D eigenvalue weighted by Crippen LogP contribution is 2.17. The Morgan fingerprint density at radius 3 is 2.32 bits per heavy atom. The summed E-state index contributed by atoms with van der Waals surface area (Å²) in [5, 5.41) is 19.3. The zero-order valence-electron chi connectivity index (χ0n) is 11.5. The zero-order chi connectivity index (χ0) is 14.6. The summed E-state index contributed by atoms with van der Waals surface area (Å²) in [7, 11) is 1.63. The van der Waals surface area contributed by atoms with Gasteiger partial charge in [0.05, 0.1) is 0 Å². The van der Waals surface area contributed by atoms with Crippen LogP contribution in [-0.4, -0.2) is 29.8 Å². The Morgan fingerprint density at radius 2 is 1.84 bits per heavy atom. The Hall–Kier alpha value is -2.24. The molecule has 0 spiro atoms. The van der Waals surface area contributed by atoms with E-state index in [2.05, 4.69) is 5.32 Å². The molecule has 0 saturated heterocycles. The number of nitrogens with one attached hydrogen (secondary N) is 2. The third kappa shape index (κ3) is 4.87. The first-order chi connectivity index (χ1) is 8.69. The van der Waals surface area contributed by atoms with E-state index in [1.165, 1.54) is 17.0 Å². The maximum atomic E-state index is 11.5. The molecule has 0 aliphatic rings. The number of aromatic hydroxyl groups is 1. The van der Waals surface area contributed by atoms with Crippen molar-refractivity contribution >= 4 is 17.7 Å². The molecule has 1 amide bonds. The predicted octanol–water partition coefficient (Wildman–Crippen LogP) is 2.29. The van der Waals surface area contributed by atoms with E-state index in [0.717, 1.165) is 0 Å². The van der Waals surface area contributed by atoms with Crippen LogP contribution in [0.15, 0.2) is 24.3 Å². The number of alkyl carbamates (subject to hydrolysis) is 1. The fraction of sp³-hybridized carbons (Fsp3) is 0.385. The lowest BCUT2D eigenvalue weighted by atomic mass is 10.2. The normalized spacial score (nSPS) is 10.7. The van der Waals surface area contributed by atoms with Gasteiger partial charge in [0.25, 0.3) is 0 Å². The van der Waals surface area contributed by atoms with E-state index in [9.17, 15) is 9.90 Å². The van der Waals surface area contributed by atoms with E-state index >= 15 is 0 Å². The monoisotopic (exact) mass is 265 g/mol. The van der Waals surface area contributed by atoms with Gasteiger partial charge in [-0.3, -0.25) is 10.7 Å². The SMILES string of the molecule is CN(C(=N)NC(=O)OC(C)(C)C)c1ccc(O)cc1. The number of amides is 1. The molecule has 0 bridgehead atoms. The van der Waals surface area contributed by atoms with Crippen molar-refractivity contribution in [2.75, 3.05) is 11.9 Å². The molecule has 0 aliphatic heterocycles. The minimum Gasteiger partial charge on any atom is -0.508 e. The van der Waals surface area contributed by atoms with E-state index in [-0.39, 0.29) is 11.7 Å². The molecule has 0 saturated carbocycles. The van der Waals surface area contributed by atoms with Crippen LogP contribution in [0, 0.1) is 5.41 Å². The molecule has 3 N–H and O–H groups in total. The zero-order valence-corrected chi connectivity index (χ0v) is 11.5. The predicted molar refractivity (Wildman–Crippen MR) is 73.6 cm³/mol. The van der Waals surface area contributed by atoms with Crippen molar-refractivity contribution in [3.63, 3.8) is 0 Å². The molecule has 0 unspecified atom stereocenters. The molecule has 0 radical (unpaired) electrons. The smallest absolute Gasteiger partial charge is 0.414 e. The van der Waals surface area contributed by atoms with Crippen molar-refractivity contribution in [2.45, 2.75) is 26.4 Å². The lowest BCUT2D eigenvalue weighted by Gasteiger charge is -2.23. The van der Waals surface area contributed by atoms with Gasteiger partial charge in [-0.25, -0.2) is 4.79 Å². The van der Waals surface area contributed by atoms with Gasteiger partial charge < -0.3 is 14.7 Å². The first kappa shape index (κ1) is 14.8. The Morgan fingerprint density at radius 1 is 1.32 bits per heavy atom. The van der Waals surface area contributed by atoms with Gasteiger partial charge in [0.15, 0.2) is 0 Å². The highest BCUT2D eigenvalue weighted by atomic mass is 16.6. The number of carbonyl (C=O) groups excluding carboxylic acids is 1. The molecular formula is C13H19N3O3. The number of phenols is 1. The second-order valence-corrected chi connectivity index (χ2v) is 5.05. The van der Waals surface area contributed by atoms with Crippen LogP contribution in [0.1, 0.15) is 20.8 Å². The highest BCUT2D eigenvalue weighted by Gasteiger charge is 2.18. The first-order valence-corrected chi connectivity index (χ1v) is 5.80. The Labute approximate surface area is 112 Å². The number of anilines is 1. The standard InChI is InChI=1S/C13H19N3O3/c1-13(2,3)19-12(18)15-11(14)16(4)9-5-7-10(17)8-6-9/h5-8,17H,1-4H3,(H2,14,15,18). The van der Waals surface area contributed by atoms with Gasteiger partial charge in [-0.05, 0) is 45.0 Å². The van der Waals surface area contributed by atoms with Crippen molar-refractivity contribution in [2.24, 2.45) is 0 Å². The molecule has 0 aromatic heterocycles. The average Bonchev–Trinajstić information content (AvgIpc) is 2.26. The Balaban J connectivity index is 2.63. The van der Waals surface area contributed by atoms with E-state index in [1.54, 1.807) is 40.0 Å². The van der Waals surface area contributed by atoms with E-state index in [0.29, 0.717) is 5.69 Å². The van der Waals surface area contributed by atoms with Gasteiger partial charge in [-0.2, -0.15) is 0 Å². The maximum absolute atomic E-state index is 11.5. The number of hydrogen-bond acceptors (Lipinski definition) is 4. The number of guanidine groups is 1. The molecule has 1 aromatic rings. The average molecular weight is 265 g/mol. The quantitative estimate of drug-likeness (QED) is 0.537. The van der Waals surface area contributed by atoms with Gasteiger partial charge in [0.2, 0.25) is 5.96 Å². The summed E-state index contributed by atoms with van der Waals surface area (Å²) in [6.45, 7) is 5.25. The number of carbonyl (C=O) groups is 1. The van der Waals surface area contributed by atoms with E-state index in [4.69, 9.17) is 10.1 Å². The van der Waals surface area contributed by atoms with Crippen LogP contribution in [0.4, 0.5) is 10.5 Å². The van der Waals surface area contributed by atoms with Gasteiger partial charge in [-0.15, -0.1) is 0 Å². The van der Waals surface area contributed by atoms with Crippen LogP contribution in [-0.2, 0) is 4.74 Å². The molecule has 19 heavy (non-hydrogen) atoms. The fourth-order valence-corrected chi connectivity index (χ4v) is 1.29. The molecule has 1 rings (SSSR count). The second-order valence-electron chi connectivity index (χ2n) is 5.05. The third-order valence-corrected chi connectivity index (χ3v) is 2.19. The summed E-state index contributed by atoms with van der Waals surface area (Å²) in [6.07, 6.45) is -0.678. The topological polar surface area (TPSA) is 85.7 Å². The fourth-order valence-electron chi connectivity index (χ4n) is 1.29. The van der Waals surface area contributed by atoms with Crippen LogP contribution in [0.3, 0.4) is 0 Å². The Kier molecular flexibility index (Phi) is 4.37. The molecule has 6 nitrogen and oxygen atoms in total. The Bertz CT molecular complexity index is 463. The minimum absolute atomic E-state index is 0.111. The molecule has 6 heteroatoms. The number of rotatable bonds is 1. The minimum atomic E-state index is -0.678. The van der Waals surface area contributed by atoms with Gasteiger partial charge in [-0.1, -0.05) is 0 Å². The molecular weight excluding hydrogens is 246 g/mol. The van der Waals surface area contributed by atoms with Crippen LogP contribution in [0.5, 0.6) is 5.75 Å². The van der Waals surface area contributed by atoms with Crippen molar-refractivity contribution in [1.29, 1.82) is 5.41 Å². The van der Waals surface area contributed by atoms with Crippen molar-refractivity contribution in [1.82, 2.24) is 5.32 Å². The summed E-state index contributed by atoms with van der Waals surface area (Å²) in [4.78, 5) is 13.0. The number of ether oxygens (including phenoxy) is 1. The van der Waals surface area contributed by atoms with E-state index < -0.39 is 11.7 Å². The number of phenolic OH excluding ortho intramolecular Hbond substituents is 1. The first-order valence-electron chi connectivity index (χ1n) is 5.80. The molecule has 1 aromatic carbocycles. The maximum Gasteiger partial charge on any atom is 0.414 e. The summed E-state index contributed by atoms with van der Waals surface area (Å²) < 4.78 is 5.06. The molecule has 104 valence electrons. The number of benzene rings is 1. The van der Waals surface area contributed by atoms with E-state index in [1.807, 2.05) is 0 Å². The van der Waals surface area contributed by atoms with Crippen molar-refractivity contribution < 1.29 is 14.6 Å². The molecule has 0 fully saturated rings. The van der Waals surface area contributed by atoms with Crippen LogP contribution < -0.4 is 10.2 Å². The lowest BCUT2D eigenvalue weighted by Crippen LogP contribution is -2.43. The van der Waals surface area contributed by atoms with Crippen LogP contribution in [0.2, 0.25) is 0 Å². The third-order valence-electron chi connectivity index (χ3n) is 2.19. The summed E-state index contributed by atoms with van der Waals surface area (Å²) in [6, 6.07) is 6.29. The van der Waals surface area contributed by atoms with Gasteiger partial charge in [0.1, 0.15) is 11.4 Å².